The quantitative estimate of drug-likeness (QED) is 0.741. The van der Waals surface area contributed by atoms with Crippen molar-refractivity contribution in [1.82, 2.24) is 19.9 Å². The Morgan fingerprint density at radius 2 is 2.19 bits per heavy atom. The van der Waals surface area contributed by atoms with E-state index in [1.165, 1.54) is 0 Å². The van der Waals surface area contributed by atoms with Gasteiger partial charge < -0.3 is 9.73 Å². The van der Waals surface area contributed by atoms with Crippen molar-refractivity contribution in [2.24, 2.45) is 0 Å². The summed E-state index contributed by atoms with van der Waals surface area (Å²) in [5.41, 5.74) is 2.13. The van der Waals surface area contributed by atoms with Crippen molar-refractivity contribution in [3.05, 3.63) is 65.6 Å². The number of nitrogens with zero attached hydrogens (tertiary/aromatic N) is 5. The Labute approximate surface area is 157 Å². The van der Waals surface area contributed by atoms with E-state index >= 15 is 0 Å². The highest BCUT2D eigenvalue weighted by molar-refractivity contribution is 5.52. The van der Waals surface area contributed by atoms with Gasteiger partial charge in [0, 0.05) is 6.20 Å². The first kappa shape index (κ1) is 17.2. The van der Waals surface area contributed by atoms with E-state index in [4.69, 9.17) is 14.7 Å². The second kappa shape index (κ2) is 7.56. The van der Waals surface area contributed by atoms with Crippen molar-refractivity contribution in [3.63, 3.8) is 0 Å². The second-order valence-corrected chi connectivity index (χ2v) is 6.61. The average molecular weight is 360 g/mol. The number of anilines is 2. The predicted molar refractivity (Wildman–Crippen MR) is 100 cm³/mol. The van der Waals surface area contributed by atoms with Gasteiger partial charge in [-0.3, -0.25) is 4.90 Å². The van der Waals surface area contributed by atoms with Crippen LogP contribution in [0.2, 0.25) is 0 Å². The fraction of sp³-hybridized carbons (Fsp3) is 0.300. The lowest BCUT2D eigenvalue weighted by atomic mass is 10.1. The number of hydrogen-bond donors (Lipinski definition) is 1. The minimum atomic E-state index is 0.248. The summed E-state index contributed by atoms with van der Waals surface area (Å²) < 4.78 is 5.73. The molecule has 136 valence electrons. The Morgan fingerprint density at radius 3 is 2.93 bits per heavy atom. The Kier molecular flexibility index (Phi) is 4.81. The third-order valence-electron chi connectivity index (χ3n) is 4.67. The second-order valence-electron chi connectivity index (χ2n) is 6.61. The van der Waals surface area contributed by atoms with E-state index in [9.17, 15) is 0 Å². The van der Waals surface area contributed by atoms with Gasteiger partial charge in [-0.15, -0.1) is 0 Å². The molecule has 4 rings (SSSR count). The summed E-state index contributed by atoms with van der Waals surface area (Å²) in [7, 11) is 0. The molecule has 1 aliphatic heterocycles. The molecule has 0 aromatic carbocycles. The summed E-state index contributed by atoms with van der Waals surface area (Å²) in [6, 6.07) is 11.7. The highest BCUT2D eigenvalue weighted by Crippen LogP contribution is 2.32. The minimum Gasteiger partial charge on any atom is -0.465 e. The molecule has 0 radical (unpaired) electrons. The van der Waals surface area contributed by atoms with Crippen LogP contribution in [-0.4, -0.2) is 26.4 Å². The summed E-state index contributed by atoms with van der Waals surface area (Å²) in [6.45, 7) is 3.77. The van der Waals surface area contributed by atoms with Crippen LogP contribution in [0.5, 0.6) is 0 Å². The number of hydrogen-bond acceptors (Lipinski definition) is 7. The number of pyridine rings is 1. The van der Waals surface area contributed by atoms with Crippen LogP contribution in [0, 0.1) is 18.3 Å². The minimum absolute atomic E-state index is 0.248. The Balaban J connectivity index is 1.49. The normalized spacial score (nSPS) is 17.0. The molecule has 1 aliphatic rings. The highest BCUT2D eigenvalue weighted by Gasteiger charge is 2.28. The van der Waals surface area contributed by atoms with E-state index in [0.29, 0.717) is 11.6 Å². The molecule has 3 aromatic rings. The summed E-state index contributed by atoms with van der Waals surface area (Å²) in [5.74, 6) is 2.44. The van der Waals surface area contributed by atoms with E-state index in [1.54, 1.807) is 24.5 Å². The van der Waals surface area contributed by atoms with Gasteiger partial charge in [-0.2, -0.15) is 5.26 Å². The van der Waals surface area contributed by atoms with Gasteiger partial charge in [-0.05, 0) is 56.6 Å². The number of rotatable bonds is 5. The monoisotopic (exact) mass is 360 g/mol. The van der Waals surface area contributed by atoms with Crippen LogP contribution in [0.15, 0.2) is 47.1 Å². The highest BCUT2D eigenvalue weighted by atomic mass is 16.3. The number of aromatic nitrogens is 3. The molecule has 1 atom stereocenters. The van der Waals surface area contributed by atoms with Gasteiger partial charge in [0.25, 0.3) is 0 Å². The van der Waals surface area contributed by atoms with E-state index in [-0.39, 0.29) is 6.04 Å². The lowest BCUT2D eigenvalue weighted by molar-refractivity contribution is 0.223. The van der Waals surface area contributed by atoms with Crippen LogP contribution in [-0.2, 0) is 6.54 Å². The molecule has 1 saturated heterocycles. The van der Waals surface area contributed by atoms with Crippen molar-refractivity contribution < 1.29 is 4.42 Å². The lowest BCUT2D eigenvalue weighted by Gasteiger charge is -2.23. The molecular weight excluding hydrogens is 340 g/mol. The van der Waals surface area contributed by atoms with Gasteiger partial charge in [0.1, 0.15) is 23.3 Å². The molecule has 0 aliphatic carbocycles. The van der Waals surface area contributed by atoms with Gasteiger partial charge in [-0.1, -0.05) is 0 Å². The zero-order valence-electron chi connectivity index (χ0n) is 15.1. The maximum atomic E-state index is 8.84. The predicted octanol–water partition coefficient (Wildman–Crippen LogP) is 3.73. The molecule has 3 aromatic heterocycles. The van der Waals surface area contributed by atoms with Crippen LogP contribution in [0.1, 0.15) is 41.8 Å². The Morgan fingerprint density at radius 1 is 1.26 bits per heavy atom. The zero-order chi connectivity index (χ0) is 18.6. The van der Waals surface area contributed by atoms with Gasteiger partial charge in [0.05, 0.1) is 30.2 Å². The molecule has 7 nitrogen and oxygen atoms in total. The van der Waals surface area contributed by atoms with E-state index in [2.05, 4.69) is 20.2 Å². The van der Waals surface area contributed by atoms with E-state index in [1.807, 2.05) is 31.2 Å². The first-order chi connectivity index (χ1) is 13.2. The summed E-state index contributed by atoms with van der Waals surface area (Å²) in [5, 5.41) is 12.0. The summed E-state index contributed by atoms with van der Waals surface area (Å²) in [4.78, 5) is 15.5. The summed E-state index contributed by atoms with van der Waals surface area (Å²) >= 11 is 0. The molecule has 0 saturated carbocycles. The topological polar surface area (TPSA) is 90.9 Å². The molecule has 0 spiro atoms. The lowest BCUT2D eigenvalue weighted by Crippen LogP contribution is -2.23. The number of likely N-dealkylation sites (tertiary alicyclic amines) is 1. The average Bonchev–Trinajstić information content (AvgIpc) is 3.32. The van der Waals surface area contributed by atoms with Gasteiger partial charge in [0.2, 0.25) is 5.95 Å². The van der Waals surface area contributed by atoms with Crippen molar-refractivity contribution in [1.29, 1.82) is 5.26 Å². The molecule has 0 amide bonds. The van der Waals surface area contributed by atoms with Crippen molar-refractivity contribution in [2.75, 3.05) is 11.9 Å². The third-order valence-corrected chi connectivity index (χ3v) is 4.67. The number of furan rings is 1. The van der Waals surface area contributed by atoms with Gasteiger partial charge >= 0.3 is 0 Å². The number of nitriles is 1. The molecule has 27 heavy (non-hydrogen) atoms. The van der Waals surface area contributed by atoms with Crippen LogP contribution in [0.25, 0.3) is 0 Å². The maximum absolute atomic E-state index is 8.84. The van der Waals surface area contributed by atoms with Crippen molar-refractivity contribution in [2.45, 2.75) is 32.4 Å². The fourth-order valence-corrected chi connectivity index (χ4v) is 3.40. The van der Waals surface area contributed by atoms with Crippen LogP contribution >= 0.6 is 0 Å². The maximum Gasteiger partial charge on any atom is 0.227 e. The van der Waals surface area contributed by atoms with Gasteiger partial charge in [0.15, 0.2) is 0 Å². The SMILES string of the molecule is Cc1ccc(CN2CCC[C@H]2c2ccnc(Nc3ccc(C#N)nc3)n2)o1. The molecule has 0 unspecified atom stereocenters. The number of aryl methyl sites for hydroxylation is 1. The molecule has 1 N–H and O–H groups in total. The van der Waals surface area contributed by atoms with E-state index < -0.39 is 0 Å². The summed E-state index contributed by atoms with van der Waals surface area (Å²) in [6.07, 6.45) is 5.58. The first-order valence-corrected chi connectivity index (χ1v) is 8.97. The molecule has 4 heterocycles. The molecular formula is C20H20N6O. The smallest absolute Gasteiger partial charge is 0.227 e. The molecule has 0 bridgehead atoms. The first-order valence-electron chi connectivity index (χ1n) is 8.97. The Hall–Kier alpha value is -3.24. The van der Waals surface area contributed by atoms with Crippen LogP contribution in [0.4, 0.5) is 11.6 Å². The fourth-order valence-electron chi connectivity index (χ4n) is 3.40. The standard InChI is InChI=1S/C20H20N6O/c1-14-4-7-17(27-14)13-26-10-2-3-19(26)18-8-9-22-20(25-18)24-16-6-5-15(11-21)23-12-16/h4-9,12,19H,2-3,10,13H2,1H3,(H,22,24,25)/t19-/m0/s1. The van der Waals surface area contributed by atoms with Crippen LogP contribution in [0.3, 0.4) is 0 Å². The van der Waals surface area contributed by atoms with Crippen LogP contribution < -0.4 is 5.32 Å². The van der Waals surface area contributed by atoms with E-state index in [0.717, 1.165) is 48.8 Å². The van der Waals surface area contributed by atoms with Crippen molar-refractivity contribution >= 4 is 11.6 Å². The number of nitrogens with one attached hydrogen (secondary N) is 1. The molecule has 1 fully saturated rings. The largest absolute Gasteiger partial charge is 0.465 e. The van der Waals surface area contributed by atoms with Crippen molar-refractivity contribution in [3.8, 4) is 6.07 Å². The Bertz CT molecular complexity index is 959. The molecule has 7 heteroatoms. The zero-order valence-corrected chi connectivity index (χ0v) is 15.1. The third kappa shape index (κ3) is 3.96. The van der Waals surface area contributed by atoms with Gasteiger partial charge in [-0.25, -0.2) is 15.0 Å².